The maximum atomic E-state index is 6.38. The van der Waals surface area contributed by atoms with Crippen LogP contribution in [0, 0.1) is 26.0 Å². The van der Waals surface area contributed by atoms with Crippen molar-refractivity contribution in [3.05, 3.63) is 114 Å². The Morgan fingerprint density at radius 3 is 2.26 bits per heavy atom. The molecule has 3 aromatic carbocycles. The van der Waals surface area contributed by atoms with Gasteiger partial charge in [-0.2, -0.15) is 0 Å². The number of aromatic nitrogens is 2. The van der Waals surface area contributed by atoms with Gasteiger partial charge in [-0.3, -0.25) is 0 Å². The second-order valence-electron chi connectivity index (χ2n) is 12.1. The largest absolute Gasteiger partial charge is 0.501 e. The topological polar surface area (TPSA) is 38.9 Å². The Morgan fingerprint density at radius 1 is 0.860 bits per heavy atom. The normalized spacial score (nSPS) is 11.3. The van der Waals surface area contributed by atoms with E-state index in [4.69, 9.17) is 9.40 Å². The fraction of sp³-hybridized carbons (Fsp3) is 0.263. The van der Waals surface area contributed by atoms with Gasteiger partial charge in [0.05, 0.1) is 5.58 Å². The SMILES string of the molecule is CCC(CC)c1cnc(-c2[c-]cc([Si](C)(C)C)c3c2oc2ccccc23)cc1C.Cc1ccnc(-c2[c-]cccc2)c1.[Ir]. The molecule has 0 aliphatic rings. The van der Waals surface area contributed by atoms with Gasteiger partial charge in [-0.25, -0.2) is 0 Å². The number of hydrogen-bond acceptors (Lipinski definition) is 3. The van der Waals surface area contributed by atoms with Gasteiger partial charge >= 0.3 is 0 Å². The predicted octanol–water partition coefficient (Wildman–Crippen LogP) is 10.1. The van der Waals surface area contributed by atoms with E-state index in [-0.39, 0.29) is 20.1 Å². The molecule has 3 aromatic heterocycles. The van der Waals surface area contributed by atoms with Gasteiger partial charge in [0.15, 0.2) is 0 Å². The Balaban J connectivity index is 0.000000253. The molecule has 3 heterocycles. The summed E-state index contributed by atoms with van der Waals surface area (Å²) in [6.45, 7) is 15.9. The average molecular weight is 761 g/mol. The molecule has 0 spiro atoms. The quantitative estimate of drug-likeness (QED) is 0.125. The molecule has 0 aliphatic heterocycles. The van der Waals surface area contributed by atoms with E-state index < -0.39 is 8.07 Å². The molecule has 0 saturated heterocycles. The van der Waals surface area contributed by atoms with Crippen molar-refractivity contribution in [3.63, 3.8) is 0 Å². The number of pyridine rings is 2. The number of fused-ring (bicyclic) bond motifs is 3. The molecule has 0 atom stereocenters. The number of benzene rings is 3. The summed E-state index contributed by atoms with van der Waals surface area (Å²) in [6, 6.07) is 31.4. The number of para-hydroxylation sites is 1. The van der Waals surface area contributed by atoms with E-state index in [1.165, 1.54) is 32.6 Å². The zero-order valence-corrected chi connectivity index (χ0v) is 29.6. The van der Waals surface area contributed by atoms with Crippen LogP contribution in [0.15, 0.2) is 89.6 Å². The van der Waals surface area contributed by atoms with Crippen LogP contribution in [0.2, 0.25) is 19.6 Å². The van der Waals surface area contributed by atoms with Crippen molar-refractivity contribution in [1.29, 1.82) is 0 Å². The number of aryl methyl sites for hydroxylation is 2. The van der Waals surface area contributed by atoms with Gasteiger partial charge in [-0.1, -0.05) is 85.9 Å². The third-order valence-electron chi connectivity index (χ3n) is 7.99. The minimum atomic E-state index is -1.56. The summed E-state index contributed by atoms with van der Waals surface area (Å²) >= 11 is 0. The van der Waals surface area contributed by atoms with Crippen molar-refractivity contribution >= 4 is 35.2 Å². The number of hydrogen-bond donors (Lipinski definition) is 0. The number of furan rings is 1. The molecule has 0 N–H and O–H groups in total. The Labute approximate surface area is 271 Å². The van der Waals surface area contributed by atoms with E-state index >= 15 is 0 Å². The van der Waals surface area contributed by atoms with Crippen LogP contribution in [0.4, 0.5) is 0 Å². The first kappa shape index (κ1) is 32.5. The molecule has 0 bridgehead atoms. The molecule has 6 aromatic rings. The van der Waals surface area contributed by atoms with E-state index in [0.29, 0.717) is 5.92 Å². The maximum absolute atomic E-state index is 6.38. The molecule has 5 heteroatoms. The molecule has 223 valence electrons. The summed E-state index contributed by atoms with van der Waals surface area (Å²) in [7, 11) is -1.56. The van der Waals surface area contributed by atoms with Crippen LogP contribution in [0.5, 0.6) is 0 Å². The van der Waals surface area contributed by atoms with Crippen LogP contribution in [0.3, 0.4) is 0 Å². The van der Waals surface area contributed by atoms with Crippen molar-refractivity contribution in [3.8, 4) is 22.5 Å². The fourth-order valence-electron chi connectivity index (χ4n) is 5.65. The summed E-state index contributed by atoms with van der Waals surface area (Å²) in [5, 5.41) is 3.84. The molecule has 6 rings (SSSR count). The Bertz CT molecular complexity index is 1820. The molecule has 0 saturated carbocycles. The molecule has 0 unspecified atom stereocenters. The van der Waals surface area contributed by atoms with E-state index in [0.717, 1.165) is 46.5 Å². The van der Waals surface area contributed by atoms with E-state index in [1.54, 1.807) is 0 Å². The van der Waals surface area contributed by atoms with Crippen molar-refractivity contribution in [2.45, 2.75) is 66.1 Å². The fourth-order valence-corrected chi connectivity index (χ4v) is 7.15. The van der Waals surface area contributed by atoms with E-state index in [1.807, 2.05) is 42.6 Å². The minimum Gasteiger partial charge on any atom is -0.501 e. The van der Waals surface area contributed by atoms with E-state index in [2.05, 4.69) is 107 Å². The molecule has 0 amide bonds. The Hall–Kier alpha value is -3.37. The summed E-state index contributed by atoms with van der Waals surface area (Å²) in [6.07, 6.45) is 6.18. The minimum absolute atomic E-state index is 0. The first-order valence-corrected chi connectivity index (χ1v) is 18.4. The molecule has 0 fully saturated rings. The van der Waals surface area contributed by atoms with Gasteiger partial charge in [0.2, 0.25) is 0 Å². The first-order valence-electron chi connectivity index (χ1n) is 14.9. The Morgan fingerprint density at radius 2 is 1.60 bits per heavy atom. The Kier molecular flexibility index (Phi) is 10.6. The van der Waals surface area contributed by atoms with Gasteiger partial charge in [0, 0.05) is 46.0 Å². The standard InChI is InChI=1S/C26H30NOSi.C12H10N.Ir/c1-7-18(8-2)21-16-27-22(15-17(21)3)19-13-14-24(29(4,5)6)25-20-11-9-10-12-23(20)28-26(19)25;1-10-7-8-13-12(9-10)11-5-3-2-4-6-11;/h9-12,14-16,18H,7-8H2,1-6H3;2-5,7-9H,1H3;/q2*-1;. The van der Waals surface area contributed by atoms with Gasteiger partial charge in [0.1, 0.15) is 5.58 Å². The van der Waals surface area contributed by atoms with Crippen LogP contribution < -0.4 is 5.19 Å². The van der Waals surface area contributed by atoms with Crippen LogP contribution in [-0.2, 0) is 20.1 Å². The molecular formula is C38H40IrN2OSi-2. The second-order valence-corrected chi connectivity index (χ2v) is 17.1. The molecule has 1 radical (unpaired) electrons. The van der Waals surface area contributed by atoms with Crippen molar-refractivity contribution in [2.24, 2.45) is 0 Å². The van der Waals surface area contributed by atoms with E-state index in [9.17, 15) is 0 Å². The van der Waals surface area contributed by atoms with Crippen LogP contribution in [-0.4, -0.2) is 18.0 Å². The summed E-state index contributed by atoms with van der Waals surface area (Å²) in [4.78, 5) is 9.14. The third-order valence-corrected chi connectivity index (χ3v) is 10.0. The van der Waals surface area contributed by atoms with Gasteiger partial charge < -0.3 is 14.4 Å². The summed E-state index contributed by atoms with van der Waals surface area (Å²) in [5.74, 6) is 0.570. The second kappa shape index (κ2) is 13.9. The van der Waals surface area contributed by atoms with Gasteiger partial charge in [0.25, 0.3) is 0 Å². The third kappa shape index (κ3) is 7.07. The predicted molar refractivity (Wildman–Crippen MR) is 180 cm³/mol. The van der Waals surface area contributed by atoms with Crippen LogP contribution in [0.25, 0.3) is 44.5 Å². The molecule has 0 aliphatic carbocycles. The average Bonchev–Trinajstić information content (AvgIpc) is 3.38. The summed E-state index contributed by atoms with van der Waals surface area (Å²) in [5.41, 5.74) is 9.70. The maximum Gasteiger partial charge on any atom is 0.120 e. The zero-order chi connectivity index (χ0) is 29.9. The van der Waals surface area contributed by atoms with Crippen molar-refractivity contribution in [1.82, 2.24) is 9.97 Å². The number of rotatable bonds is 6. The smallest absolute Gasteiger partial charge is 0.120 e. The molecule has 43 heavy (non-hydrogen) atoms. The van der Waals surface area contributed by atoms with Crippen LogP contribution in [0.1, 0.15) is 49.3 Å². The molecule has 3 nitrogen and oxygen atoms in total. The van der Waals surface area contributed by atoms with Gasteiger partial charge in [-0.05, 0) is 61.7 Å². The van der Waals surface area contributed by atoms with Crippen molar-refractivity contribution in [2.75, 3.05) is 0 Å². The first-order chi connectivity index (χ1) is 20.2. The monoisotopic (exact) mass is 761 g/mol. The van der Waals surface area contributed by atoms with Crippen molar-refractivity contribution < 1.29 is 24.5 Å². The van der Waals surface area contributed by atoms with Gasteiger partial charge in [-0.15, -0.1) is 53.2 Å². The number of nitrogens with zero attached hydrogens (tertiary/aromatic N) is 2. The molecular weight excluding hydrogens is 721 g/mol. The zero-order valence-electron chi connectivity index (χ0n) is 26.2. The summed E-state index contributed by atoms with van der Waals surface area (Å²) < 4.78 is 6.38. The van der Waals surface area contributed by atoms with Crippen LogP contribution >= 0.6 is 0 Å².